The lowest BCUT2D eigenvalue weighted by atomic mass is 9.83. The minimum Gasteiger partial charge on any atom is -0.456 e. The molecule has 0 amide bonds. The fourth-order valence-electron chi connectivity index (χ4n) is 6.32. The maximum atomic E-state index is 9.38. The molecule has 1 nitrogen and oxygen atoms in total. The zero-order valence-electron chi connectivity index (χ0n) is 36.6. The average Bonchev–Trinajstić information content (AvgIpc) is 3.62. The van der Waals surface area contributed by atoms with Crippen LogP contribution >= 0.6 is 0 Å². The van der Waals surface area contributed by atoms with Gasteiger partial charge in [0.25, 0.3) is 0 Å². The van der Waals surface area contributed by atoms with Gasteiger partial charge in [0.15, 0.2) is 0 Å². The molecule has 9 rings (SSSR count). The lowest BCUT2D eigenvalue weighted by molar-refractivity contribution is 0.669. The highest BCUT2D eigenvalue weighted by Crippen LogP contribution is 2.47. The number of fused-ring (bicyclic) bond motifs is 5. The van der Waals surface area contributed by atoms with E-state index in [0.29, 0.717) is 22.3 Å². The molecule has 210 valence electrons. The Bertz CT molecular complexity index is 3170. The number of rotatable bonds is 4. The van der Waals surface area contributed by atoms with Gasteiger partial charge < -0.3 is 4.42 Å². The fourth-order valence-corrected chi connectivity index (χ4v) is 6.32. The van der Waals surface area contributed by atoms with Crippen LogP contribution in [0.25, 0.3) is 88.0 Å². The summed E-state index contributed by atoms with van der Waals surface area (Å²) in [7, 11) is 0. The molecule has 0 saturated carbocycles. The Balaban J connectivity index is 1.47. The Morgan fingerprint density at radius 2 is 0.867 bits per heavy atom. The third-order valence-electron chi connectivity index (χ3n) is 8.23. The molecule has 0 atom stereocenters. The first-order valence-electron chi connectivity index (χ1n) is 20.9. The standard InChI is InChI=1S/C44H28O/c1-2-14-29(15-3-1)43-37-21-8-10-23-39(37)44(40-24-11-9-22-38(40)43)36-20-7-6-18-33(36)32-17-5-4-16-31(32)30-26-27-35-34-19-12-13-25-41(34)45-42(35)28-30/h1-28H/i1D,2D,3D,8D,9D,10D,11D,14D,15D,21D,22D,23D,24D. The van der Waals surface area contributed by atoms with Crippen LogP contribution in [-0.4, -0.2) is 0 Å². The maximum Gasteiger partial charge on any atom is 0.136 e. The smallest absolute Gasteiger partial charge is 0.136 e. The molecule has 1 heterocycles. The van der Waals surface area contributed by atoms with Crippen LogP contribution in [0.1, 0.15) is 17.8 Å². The van der Waals surface area contributed by atoms with Crippen molar-refractivity contribution < 1.29 is 22.2 Å². The summed E-state index contributed by atoms with van der Waals surface area (Å²) in [5, 5.41) is 1.13. The molecular weight excluding hydrogens is 544 g/mol. The molecule has 0 aliphatic rings. The van der Waals surface area contributed by atoms with Crippen molar-refractivity contribution in [2.75, 3.05) is 0 Å². The van der Waals surface area contributed by atoms with E-state index in [1.165, 1.54) is 0 Å². The molecule has 0 fully saturated rings. The van der Waals surface area contributed by atoms with Crippen molar-refractivity contribution >= 4 is 43.5 Å². The van der Waals surface area contributed by atoms with Crippen molar-refractivity contribution in [3.63, 3.8) is 0 Å². The van der Waals surface area contributed by atoms with E-state index in [1.807, 2.05) is 72.8 Å². The van der Waals surface area contributed by atoms with Crippen molar-refractivity contribution in [3.8, 4) is 44.5 Å². The summed E-state index contributed by atoms with van der Waals surface area (Å²) < 4.78 is 122. The lowest BCUT2D eigenvalue weighted by Crippen LogP contribution is -1.93. The van der Waals surface area contributed by atoms with E-state index in [0.717, 1.165) is 27.5 Å². The van der Waals surface area contributed by atoms with E-state index in [-0.39, 0.29) is 32.7 Å². The molecule has 9 aromatic rings. The van der Waals surface area contributed by atoms with E-state index in [4.69, 9.17) is 16.8 Å². The first kappa shape index (κ1) is 15.7. The number of furan rings is 1. The predicted molar refractivity (Wildman–Crippen MR) is 190 cm³/mol. The number of hydrogen-bond donors (Lipinski definition) is 0. The van der Waals surface area contributed by atoms with Gasteiger partial charge in [-0.25, -0.2) is 0 Å². The Hall–Kier alpha value is -5.92. The molecule has 8 aromatic carbocycles. The molecule has 0 aliphatic carbocycles. The number of benzene rings is 8. The van der Waals surface area contributed by atoms with Crippen LogP contribution in [0.3, 0.4) is 0 Å². The Morgan fingerprint density at radius 1 is 0.356 bits per heavy atom. The van der Waals surface area contributed by atoms with Crippen LogP contribution < -0.4 is 0 Å². The second-order valence-electron chi connectivity index (χ2n) is 10.7. The Labute approximate surface area is 279 Å². The fraction of sp³-hybridized carbons (Fsp3) is 0. The van der Waals surface area contributed by atoms with Gasteiger partial charge in [-0.05, 0) is 84.3 Å². The van der Waals surface area contributed by atoms with Crippen LogP contribution in [0, 0.1) is 0 Å². The predicted octanol–water partition coefficient (Wildman–Crippen LogP) is 12.6. The van der Waals surface area contributed by atoms with Gasteiger partial charge >= 0.3 is 0 Å². The lowest BCUT2D eigenvalue weighted by Gasteiger charge is -2.20. The average molecular weight is 586 g/mol. The summed E-state index contributed by atoms with van der Waals surface area (Å²) in [4.78, 5) is 0. The van der Waals surface area contributed by atoms with Crippen molar-refractivity contribution in [1.29, 1.82) is 0 Å². The summed E-state index contributed by atoms with van der Waals surface area (Å²) in [5.74, 6) is 0. The van der Waals surface area contributed by atoms with Gasteiger partial charge in [0.05, 0.1) is 17.8 Å². The molecule has 0 radical (unpaired) electrons. The summed E-state index contributed by atoms with van der Waals surface area (Å²) in [6.45, 7) is 0. The quantitative estimate of drug-likeness (QED) is 0.187. The first-order valence-corrected chi connectivity index (χ1v) is 14.4. The van der Waals surface area contributed by atoms with Crippen LogP contribution in [0.4, 0.5) is 0 Å². The topological polar surface area (TPSA) is 13.1 Å². The van der Waals surface area contributed by atoms with Crippen molar-refractivity contribution in [2.45, 2.75) is 0 Å². The molecule has 45 heavy (non-hydrogen) atoms. The van der Waals surface area contributed by atoms with E-state index < -0.39 is 84.1 Å². The largest absolute Gasteiger partial charge is 0.456 e. The normalized spacial score (nSPS) is 15.6. The second kappa shape index (κ2) is 10.4. The molecule has 0 spiro atoms. The first-order chi connectivity index (χ1) is 27.7. The molecule has 1 heteroatoms. The van der Waals surface area contributed by atoms with E-state index in [9.17, 15) is 5.48 Å². The molecule has 0 aliphatic heterocycles. The van der Waals surface area contributed by atoms with Gasteiger partial charge in [0, 0.05) is 10.8 Å². The van der Waals surface area contributed by atoms with E-state index in [2.05, 4.69) is 0 Å². The van der Waals surface area contributed by atoms with Gasteiger partial charge in [-0.3, -0.25) is 0 Å². The highest BCUT2D eigenvalue weighted by molar-refractivity contribution is 6.22. The van der Waals surface area contributed by atoms with Crippen LogP contribution in [0.2, 0.25) is 0 Å². The third-order valence-corrected chi connectivity index (χ3v) is 8.23. The summed E-state index contributed by atoms with van der Waals surface area (Å²) in [6.07, 6.45) is 0. The Kier molecular flexibility index (Phi) is 3.62. The minimum atomic E-state index is -0.717. The third kappa shape index (κ3) is 4.09. The minimum absolute atomic E-state index is 0.0678. The molecule has 0 N–H and O–H groups in total. The molecule has 0 bridgehead atoms. The number of para-hydroxylation sites is 1. The monoisotopic (exact) mass is 585 g/mol. The molecule has 0 saturated heterocycles. The summed E-state index contributed by atoms with van der Waals surface area (Å²) in [5.41, 5.74) is 3.95. The van der Waals surface area contributed by atoms with Crippen LogP contribution in [0.15, 0.2) is 174 Å². The van der Waals surface area contributed by atoms with Crippen LogP contribution in [0.5, 0.6) is 0 Å². The second-order valence-corrected chi connectivity index (χ2v) is 10.7. The van der Waals surface area contributed by atoms with E-state index in [1.54, 1.807) is 18.2 Å². The van der Waals surface area contributed by atoms with Crippen LogP contribution in [-0.2, 0) is 0 Å². The van der Waals surface area contributed by atoms with Gasteiger partial charge in [0.1, 0.15) is 11.2 Å². The summed E-state index contributed by atoms with van der Waals surface area (Å²) in [6, 6.07) is 19.9. The number of hydrogen-bond acceptors (Lipinski definition) is 1. The zero-order valence-corrected chi connectivity index (χ0v) is 23.6. The van der Waals surface area contributed by atoms with E-state index >= 15 is 0 Å². The molecule has 1 aromatic heterocycles. The zero-order chi connectivity index (χ0) is 41.1. The summed E-state index contributed by atoms with van der Waals surface area (Å²) >= 11 is 0. The van der Waals surface area contributed by atoms with Crippen molar-refractivity contribution in [2.24, 2.45) is 0 Å². The van der Waals surface area contributed by atoms with Gasteiger partial charge in [0.2, 0.25) is 0 Å². The van der Waals surface area contributed by atoms with Crippen molar-refractivity contribution in [3.05, 3.63) is 170 Å². The molecular formula is C44H28O. The SMILES string of the molecule is [2H]c1c([2H])c([2H])c(-c2c3c([2H])c([2H])c([2H])c([2H])c3c(-c3ccccc3-c3ccccc3-c3ccc4c(c3)oc3ccccc34)c3c([2H])c([2H])c([2H])c([2H])c23)c([2H])c1[2H]. The van der Waals surface area contributed by atoms with Gasteiger partial charge in [-0.2, -0.15) is 0 Å². The van der Waals surface area contributed by atoms with Crippen molar-refractivity contribution in [1.82, 2.24) is 0 Å². The van der Waals surface area contributed by atoms with Gasteiger partial charge in [-0.15, -0.1) is 0 Å². The Morgan fingerprint density at radius 3 is 1.56 bits per heavy atom. The maximum absolute atomic E-state index is 9.38. The highest BCUT2D eigenvalue weighted by Gasteiger charge is 2.20. The molecule has 0 unspecified atom stereocenters. The highest BCUT2D eigenvalue weighted by atomic mass is 16.3. The van der Waals surface area contributed by atoms with Gasteiger partial charge in [-0.1, -0.05) is 151 Å².